The summed E-state index contributed by atoms with van der Waals surface area (Å²) in [5.41, 5.74) is 4.09. The van der Waals surface area contributed by atoms with Crippen LogP contribution >= 0.6 is 0 Å². The Balaban J connectivity index is 1.38. The van der Waals surface area contributed by atoms with E-state index < -0.39 is 0 Å². The summed E-state index contributed by atoms with van der Waals surface area (Å²) in [6, 6.07) is 6.68. The number of nitrogens with one attached hydrogen (secondary N) is 1. The Hall–Kier alpha value is -0.940. The van der Waals surface area contributed by atoms with Crippen LogP contribution in [0.5, 0.6) is 0 Å². The van der Waals surface area contributed by atoms with E-state index in [4.69, 9.17) is 9.47 Å². The van der Waals surface area contributed by atoms with Crippen LogP contribution in [0.25, 0.3) is 0 Å². The summed E-state index contributed by atoms with van der Waals surface area (Å²) in [5.74, 6) is -0.284. The quantitative estimate of drug-likeness (QED) is 0.839. The van der Waals surface area contributed by atoms with E-state index in [2.05, 4.69) is 42.3 Å². The lowest BCUT2D eigenvalue weighted by molar-refractivity contribution is -0.145. The number of likely N-dealkylation sites (tertiary alicyclic amines) is 1. The SMILES string of the molecule is Cc1ccc(CNCCN2CCC3(C2)OCCO3)cc1C. The Morgan fingerprint density at radius 3 is 2.76 bits per heavy atom. The fourth-order valence-electron chi connectivity index (χ4n) is 3.13. The number of benzene rings is 1. The molecule has 1 aromatic carbocycles. The van der Waals surface area contributed by atoms with Gasteiger partial charge in [-0.05, 0) is 30.5 Å². The van der Waals surface area contributed by atoms with E-state index in [1.807, 2.05) is 0 Å². The lowest BCUT2D eigenvalue weighted by Crippen LogP contribution is -2.36. The standard InChI is InChI=1S/C17H26N2O2/c1-14-3-4-16(11-15(14)2)12-18-6-8-19-7-5-17(13-19)20-9-10-21-17/h3-4,11,18H,5-10,12-13H2,1-2H3. The molecule has 0 aromatic heterocycles. The fourth-order valence-corrected chi connectivity index (χ4v) is 3.13. The van der Waals surface area contributed by atoms with Crippen molar-refractivity contribution in [2.45, 2.75) is 32.6 Å². The lowest BCUT2D eigenvalue weighted by atomic mass is 10.1. The van der Waals surface area contributed by atoms with Crippen molar-refractivity contribution in [2.24, 2.45) is 0 Å². The minimum Gasteiger partial charge on any atom is -0.346 e. The molecular weight excluding hydrogens is 264 g/mol. The summed E-state index contributed by atoms with van der Waals surface area (Å²) in [6.45, 7) is 10.8. The van der Waals surface area contributed by atoms with E-state index in [0.717, 1.165) is 52.4 Å². The van der Waals surface area contributed by atoms with Crippen LogP contribution in [0, 0.1) is 13.8 Å². The Morgan fingerprint density at radius 2 is 2.00 bits per heavy atom. The van der Waals surface area contributed by atoms with Gasteiger partial charge in [0.25, 0.3) is 0 Å². The molecule has 0 aliphatic carbocycles. The van der Waals surface area contributed by atoms with Crippen molar-refractivity contribution in [2.75, 3.05) is 39.4 Å². The Bertz CT molecular complexity index is 484. The van der Waals surface area contributed by atoms with Crippen LogP contribution in [0.2, 0.25) is 0 Å². The van der Waals surface area contributed by atoms with Gasteiger partial charge in [0.1, 0.15) is 0 Å². The Labute approximate surface area is 127 Å². The summed E-state index contributed by atoms with van der Waals surface area (Å²) in [6.07, 6.45) is 1.00. The molecule has 1 aromatic rings. The number of rotatable bonds is 5. The molecule has 2 heterocycles. The highest BCUT2D eigenvalue weighted by atomic mass is 16.7. The molecule has 3 rings (SSSR count). The number of hydrogen-bond donors (Lipinski definition) is 1. The molecule has 1 spiro atoms. The van der Waals surface area contributed by atoms with E-state index in [0.29, 0.717) is 0 Å². The predicted molar refractivity (Wildman–Crippen MR) is 83.3 cm³/mol. The molecule has 0 radical (unpaired) electrons. The molecule has 1 N–H and O–H groups in total. The molecule has 2 aliphatic rings. The van der Waals surface area contributed by atoms with Gasteiger partial charge >= 0.3 is 0 Å². The molecule has 116 valence electrons. The van der Waals surface area contributed by atoms with Crippen LogP contribution in [0.4, 0.5) is 0 Å². The van der Waals surface area contributed by atoms with E-state index in [1.165, 1.54) is 16.7 Å². The zero-order valence-corrected chi connectivity index (χ0v) is 13.2. The van der Waals surface area contributed by atoms with Crippen molar-refractivity contribution in [3.8, 4) is 0 Å². The summed E-state index contributed by atoms with van der Waals surface area (Å²) in [4.78, 5) is 2.43. The maximum atomic E-state index is 5.75. The van der Waals surface area contributed by atoms with Gasteiger partial charge in [0.2, 0.25) is 0 Å². The van der Waals surface area contributed by atoms with Gasteiger partial charge in [0.15, 0.2) is 5.79 Å². The Kier molecular flexibility index (Phi) is 4.60. The summed E-state index contributed by atoms with van der Waals surface area (Å²) >= 11 is 0. The maximum absolute atomic E-state index is 5.75. The topological polar surface area (TPSA) is 33.7 Å². The summed E-state index contributed by atoms with van der Waals surface area (Å²) in [7, 11) is 0. The highest BCUT2D eigenvalue weighted by molar-refractivity contribution is 5.29. The zero-order chi connectivity index (χ0) is 14.7. The number of nitrogens with zero attached hydrogens (tertiary/aromatic N) is 1. The van der Waals surface area contributed by atoms with Crippen molar-refractivity contribution in [1.29, 1.82) is 0 Å². The van der Waals surface area contributed by atoms with Crippen molar-refractivity contribution >= 4 is 0 Å². The average Bonchev–Trinajstić information content (AvgIpc) is 3.10. The van der Waals surface area contributed by atoms with Gasteiger partial charge in [-0.25, -0.2) is 0 Å². The molecule has 2 fully saturated rings. The molecule has 0 unspecified atom stereocenters. The highest BCUT2D eigenvalue weighted by Gasteiger charge is 2.42. The second-order valence-electron chi connectivity index (χ2n) is 6.23. The molecule has 0 bridgehead atoms. The first-order chi connectivity index (χ1) is 10.2. The zero-order valence-electron chi connectivity index (χ0n) is 13.2. The number of aryl methyl sites for hydroxylation is 2. The smallest absolute Gasteiger partial charge is 0.182 e. The third-order valence-corrected chi connectivity index (χ3v) is 4.59. The minimum absolute atomic E-state index is 0.284. The first-order valence-electron chi connectivity index (χ1n) is 7.94. The van der Waals surface area contributed by atoms with Gasteiger partial charge in [-0.1, -0.05) is 18.2 Å². The van der Waals surface area contributed by atoms with Crippen molar-refractivity contribution in [1.82, 2.24) is 10.2 Å². The minimum atomic E-state index is -0.284. The molecule has 4 nitrogen and oxygen atoms in total. The van der Waals surface area contributed by atoms with Crippen LogP contribution in [0.1, 0.15) is 23.1 Å². The van der Waals surface area contributed by atoms with Crippen LogP contribution in [-0.2, 0) is 16.0 Å². The second-order valence-corrected chi connectivity index (χ2v) is 6.23. The third-order valence-electron chi connectivity index (χ3n) is 4.59. The van der Waals surface area contributed by atoms with Gasteiger partial charge in [-0.15, -0.1) is 0 Å². The molecule has 0 amide bonds. The van der Waals surface area contributed by atoms with Gasteiger partial charge < -0.3 is 14.8 Å². The molecular formula is C17H26N2O2. The van der Waals surface area contributed by atoms with Crippen LogP contribution in [0.3, 0.4) is 0 Å². The van der Waals surface area contributed by atoms with E-state index in [1.54, 1.807) is 0 Å². The number of ether oxygens (including phenoxy) is 2. The van der Waals surface area contributed by atoms with E-state index in [9.17, 15) is 0 Å². The van der Waals surface area contributed by atoms with Crippen molar-refractivity contribution in [3.05, 3.63) is 34.9 Å². The predicted octanol–water partition coefficient (Wildman–Crippen LogP) is 1.84. The van der Waals surface area contributed by atoms with Gasteiger partial charge in [-0.3, -0.25) is 4.90 Å². The first-order valence-corrected chi connectivity index (χ1v) is 7.94. The molecule has 21 heavy (non-hydrogen) atoms. The Morgan fingerprint density at radius 1 is 1.19 bits per heavy atom. The molecule has 0 saturated carbocycles. The normalized spacial score (nSPS) is 21.4. The summed E-state index contributed by atoms with van der Waals surface area (Å²) in [5, 5.41) is 3.53. The van der Waals surface area contributed by atoms with Gasteiger partial charge in [0, 0.05) is 32.6 Å². The monoisotopic (exact) mass is 290 g/mol. The fraction of sp³-hybridized carbons (Fsp3) is 0.647. The third kappa shape index (κ3) is 3.64. The van der Waals surface area contributed by atoms with Crippen LogP contribution in [-0.4, -0.2) is 50.1 Å². The number of hydrogen-bond acceptors (Lipinski definition) is 4. The van der Waals surface area contributed by atoms with Crippen LogP contribution in [0.15, 0.2) is 18.2 Å². The van der Waals surface area contributed by atoms with E-state index in [-0.39, 0.29) is 5.79 Å². The first kappa shape index (κ1) is 15.0. The van der Waals surface area contributed by atoms with Crippen molar-refractivity contribution in [3.63, 3.8) is 0 Å². The summed E-state index contributed by atoms with van der Waals surface area (Å²) < 4.78 is 11.5. The molecule has 2 aliphatic heterocycles. The maximum Gasteiger partial charge on any atom is 0.182 e. The largest absolute Gasteiger partial charge is 0.346 e. The van der Waals surface area contributed by atoms with Crippen molar-refractivity contribution < 1.29 is 9.47 Å². The average molecular weight is 290 g/mol. The molecule has 4 heteroatoms. The lowest BCUT2D eigenvalue weighted by Gasteiger charge is -2.22. The van der Waals surface area contributed by atoms with Gasteiger partial charge in [-0.2, -0.15) is 0 Å². The highest BCUT2D eigenvalue weighted by Crippen LogP contribution is 2.29. The second kappa shape index (κ2) is 6.44. The molecule has 2 saturated heterocycles. The van der Waals surface area contributed by atoms with E-state index >= 15 is 0 Å². The van der Waals surface area contributed by atoms with Gasteiger partial charge in [0.05, 0.1) is 19.8 Å². The van der Waals surface area contributed by atoms with Crippen LogP contribution < -0.4 is 5.32 Å². The molecule has 0 atom stereocenters.